The van der Waals surface area contributed by atoms with Crippen molar-refractivity contribution in [2.45, 2.75) is 121 Å². The molecule has 0 aliphatic carbocycles. The van der Waals surface area contributed by atoms with Crippen LogP contribution >= 0.6 is 11.9 Å². The minimum atomic E-state index is 0.210. The van der Waals surface area contributed by atoms with E-state index in [9.17, 15) is 0 Å². The van der Waals surface area contributed by atoms with Crippen LogP contribution in [0.15, 0.2) is 18.7 Å². The Morgan fingerprint density at radius 2 is 1.78 bits per heavy atom. The summed E-state index contributed by atoms with van der Waals surface area (Å²) >= 11 is 1.91. The molecule has 36 heavy (non-hydrogen) atoms. The largest absolute Gasteiger partial charge is 0.298 e. The van der Waals surface area contributed by atoms with E-state index in [1.165, 1.54) is 57.1 Å². The molecule has 0 saturated carbocycles. The van der Waals surface area contributed by atoms with E-state index < -0.39 is 0 Å². The lowest BCUT2D eigenvalue weighted by molar-refractivity contribution is 0.00552. The quantitative estimate of drug-likeness (QED) is 0.410. The average Bonchev–Trinajstić information content (AvgIpc) is 3.15. The molecule has 0 amide bonds. The molecule has 0 radical (unpaired) electrons. The Morgan fingerprint density at radius 1 is 0.972 bits per heavy atom. The monoisotopic (exact) mass is 515 g/mol. The summed E-state index contributed by atoms with van der Waals surface area (Å²) in [6.07, 6.45) is 16.3. The van der Waals surface area contributed by atoms with Gasteiger partial charge in [0.25, 0.3) is 0 Å². The Hall–Kier alpha value is -0.770. The maximum atomic E-state index is 4.35. The zero-order valence-corrected chi connectivity index (χ0v) is 23.9. The number of fused-ring (bicyclic) bond motifs is 6. The third kappa shape index (κ3) is 6.26. The lowest BCUT2D eigenvalue weighted by Crippen LogP contribution is -2.63. The fraction of sp³-hybridized carbons (Fsp3) is 0.857. The third-order valence-electron chi connectivity index (χ3n) is 9.21. The predicted molar refractivity (Wildman–Crippen MR) is 149 cm³/mol. The topological polar surface area (TPSA) is 77.1 Å². The van der Waals surface area contributed by atoms with E-state index in [-0.39, 0.29) is 17.0 Å². The van der Waals surface area contributed by atoms with Gasteiger partial charge in [0, 0.05) is 54.6 Å². The molecule has 0 aromatic carbocycles. The summed E-state index contributed by atoms with van der Waals surface area (Å²) in [5, 5.41) is 12.5. The molecule has 4 aliphatic rings. The van der Waals surface area contributed by atoms with Gasteiger partial charge in [0.2, 0.25) is 0 Å². The summed E-state index contributed by atoms with van der Waals surface area (Å²) in [5.41, 5.74) is 1.71. The molecule has 4 bridgehead atoms. The number of nitrogens with zero attached hydrogens (tertiary/aromatic N) is 3. The molecule has 1 aromatic rings. The summed E-state index contributed by atoms with van der Waals surface area (Å²) in [4.78, 5) is 11.5. The highest BCUT2D eigenvalue weighted by Crippen LogP contribution is 2.41. The fourth-order valence-corrected chi connectivity index (χ4v) is 8.19. The molecule has 7 nitrogen and oxygen atoms in total. The van der Waals surface area contributed by atoms with Crippen molar-refractivity contribution in [3.8, 4) is 0 Å². The Kier molecular flexibility index (Phi) is 8.31. The van der Waals surface area contributed by atoms with Gasteiger partial charge >= 0.3 is 0 Å². The summed E-state index contributed by atoms with van der Waals surface area (Å²) in [5.74, 6) is 1.34. The van der Waals surface area contributed by atoms with Crippen LogP contribution < -0.4 is 20.7 Å². The van der Waals surface area contributed by atoms with Crippen LogP contribution in [0, 0.1) is 17.3 Å². The Labute approximate surface area is 223 Å². The molecule has 4 fully saturated rings. The van der Waals surface area contributed by atoms with Gasteiger partial charge < -0.3 is 0 Å². The minimum Gasteiger partial charge on any atom is -0.298 e. The van der Waals surface area contributed by atoms with Crippen LogP contribution in [0.1, 0.15) is 97.6 Å². The van der Waals surface area contributed by atoms with Crippen molar-refractivity contribution in [1.29, 1.82) is 0 Å². The summed E-state index contributed by atoms with van der Waals surface area (Å²) < 4.78 is 3.83. The molecule has 7 unspecified atom stereocenters. The van der Waals surface area contributed by atoms with Crippen LogP contribution in [0.3, 0.4) is 0 Å². The van der Waals surface area contributed by atoms with Gasteiger partial charge in [-0.3, -0.25) is 25.6 Å². The van der Waals surface area contributed by atoms with Crippen molar-refractivity contribution in [3.05, 3.63) is 24.3 Å². The Morgan fingerprint density at radius 3 is 2.56 bits per heavy atom. The van der Waals surface area contributed by atoms with Crippen molar-refractivity contribution in [1.82, 2.24) is 35.5 Å². The van der Waals surface area contributed by atoms with E-state index in [1.54, 1.807) is 6.33 Å². The number of hydrogen-bond acceptors (Lipinski definition) is 8. The van der Waals surface area contributed by atoms with Crippen LogP contribution in [-0.4, -0.2) is 57.2 Å². The summed E-state index contributed by atoms with van der Waals surface area (Å²) in [6, 6.07) is 0.851. The molecule has 8 atom stereocenters. The second kappa shape index (κ2) is 11.1. The van der Waals surface area contributed by atoms with Crippen LogP contribution in [0.2, 0.25) is 0 Å². The van der Waals surface area contributed by atoms with Gasteiger partial charge in [0.05, 0.1) is 17.7 Å². The zero-order valence-electron chi connectivity index (χ0n) is 23.1. The normalized spacial score (nSPS) is 40.0. The zero-order chi connectivity index (χ0) is 25.3. The van der Waals surface area contributed by atoms with Crippen LogP contribution in [0.25, 0.3) is 0 Å². The lowest BCUT2D eigenvalue weighted by atomic mass is 9.78. The molecule has 4 N–H and O–H groups in total. The predicted octanol–water partition coefficient (Wildman–Crippen LogP) is 4.41. The first-order valence-corrected chi connectivity index (χ1v) is 15.3. The molecule has 4 aliphatic heterocycles. The number of aromatic nitrogens is 2. The van der Waals surface area contributed by atoms with Crippen molar-refractivity contribution in [3.63, 3.8) is 0 Å². The van der Waals surface area contributed by atoms with Crippen molar-refractivity contribution < 1.29 is 0 Å². The van der Waals surface area contributed by atoms with Gasteiger partial charge in [-0.05, 0) is 76.5 Å². The number of nitrogens with one attached hydrogen (secondary N) is 4. The first-order valence-electron chi connectivity index (χ1n) is 14.4. The summed E-state index contributed by atoms with van der Waals surface area (Å²) in [6.45, 7) is 14.4. The second-order valence-corrected chi connectivity index (χ2v) is 14.6. The van der Waals surface area contributed by atoms with Gasteiger partial charge in [-0.25, -0.2) is 9.97 Å². The molecule has 0 spiro atoms. The van der Waals surface area contributed by atoms with Crippen molar-refractivity contribution >= 4 is 11.9 Å². The van der Waals surface area contributed by atoms with E-state index in [2.05, 4.69) is 70.2 Å². The molecule has 202 valence electrons. The SMILES string of the molecule is CC(C)(C)C1CCC2CNSC3CCCC(N3)NC(c3cncnc3)CC[C@@H]3CN(C2N1)C(C)(C)C3. The summed E-state index contributed by atoms with van der Waals surface area (Å²) in [7, 11) is 0. The molecule has 5 rings (SSSR count). The van der Waals surface area contributed by atoms with Gasteiger partial charge in [0.1, 0.15) is 6.33 Å². The number of rotatable bonds is 1. The van der Waals surface area contributed by atoms with Gasteiger partial charge in [-0.15, -0.1) is 0 Å². The van der Waals surface area contributed by atoms with Crippen LogP contribution in [0.4, 0.5) is 0 Å². The molecular weight excluding hydrogens is 466 g/mol. The Bertz CT molecular complexity index is 844. The number of piperidine rings is 2. The molecule has 5 heterocycles. The maximum absolute atomic E-state index is 4.35. The van der Waals surface area contributed by atoms with Gasteiger partial charge in [-0.1, -0.05) is 32.7 Å². The lowest BCUT2D eigenvalue weighted by Gasteiger charge is -2.50. The smallest absolute Gasteiger partial charge is 0.115 e. The van der Waals surface area contributed by atoms with E-state index in [0.29, 0.717) is 35.6 Å². The van der Waals surface area contributed by atoms with Gasteiger partial charge in [0.15, 0.2) is 0 Å². The minimum absolute atomic E-state index is 0.210. The highest BCUT2D eigenvalue weighted by atomic mass is 32.2. The maximum Gasteiger partial charge on any atom is 0.115 e. The van der Waals surface area contributed by atoms with E-state index in [4.69, 9.17) is 0 Å². The van der Waals surface area contributed by atoms with E-state index in [1.807, 2.05) is 24.3 Å². The highest BCUT2D eigenvalue weighted by molar-refractivity contribution is 7.98. The fourth-order valence-electron chi connectivity index (χ4n) is 7.16. The van der Waals surface area contributed by atoms with E-state index in [0.717, 1.165) is 13.0 Å². The highest BCUT2D eigenvalue weighted by Gasteiger charge is 2.47. The first-order chi connectivity index (χ1) is 17.2. The van der Waals surface area contributed by atoms with Crippen LogP contribution in [-0.2, 0) is 0 Å². The Balaban J connectivity index is 1.39. The van der Waals surface area contributed by atoms with Crippen molar-refractivity contribution in [2.75, 3.05) is 13.1 Å². The third-order valence-corrected chi connectivity index (χ3v) is 10.2. The molecule has 4 saturated heterocycles. The van der Waals surface area contributed by atoms with E-state index >= 15 is 0 Å². The number of hydrogen-bond donors (Lipinski definition) is 4. The van der Waals surface area contributed by atoms with Crippen molar-refractivity contribution in [2.24, 2.45) is 17.3 Å². The van der Waals surface area contributed by atoms with Gasteiger partial charge in [-0.2, -0.15) is 0 Å². The average molecular weight is 516 g/mol. The standard InChI is InChI=1S/C28H49N7S/c1-27(2,3)23-12-10-20-16-31-36-25-8-6-7-24(34-25)32-22(21-14-29-18-30-15-21)11-9-19-13-28(4,5)35(17-19)26(20)33-23/h14-15,18-20,22-26,31-34H,6-13,16-17H2,1-5H3/t19-,20?,22?,23?,24?,25?,26?/m0/s1. The molecule has 8 heteroatoms. The second-order valence-electron chi connectivity index (χ2n) is 13.5. The van der Waals surface area contributed by atoms with Crippen LogP contribution in [0.5, 0.6) is 0 Å². The molecular formula is C28H49N7S. The first kappa shape index (κ1) is 26.8. The molecule has 1 aromatic heterocycles.